The van der Waals surface area contributed by atoms with E-state index in [9.17, 15) is 18.0 Å². The number of halogens is 4. The van der Waals surface area contributed by atoms with Crippen LogP contribution in [0.2, 0.25) is 0 Å². The highest BCUT2D eigenvalue weighted by Crippen LogP contribution is 2.32. The van der Waals surface area contributed by atoms with Gasteiger partial charge in [0.25, 0.3) is 0 Å². The van der Waals surface area contributed by atoms with Crippen LogP contribution in [0.4, 0.5) is 13.2 Å². The zero-order valence-corrected chi connectivity index (χ0v) is 11.8. The molecule has 0 spiro atoms. The predicted molar refractivity (Wildman–Crippen MR) is 65.9 cm³/mol. The first-order valence-corrected chi connectivity index (χ1v) is 6.20. The largest absolute Gasteiger partial charge is 0.573 e. The Morgan fingerprint density at radius 1 is 1.45 bits per heavy atom. The lowest BCUT2D eigenvalue weighted by atomic mass is 10.0. The van der Waals surface area contributed by atoms with E-state index in [0.29, 0.717) is 0 Å². The molecule has 0 N–H and O–H groups in total. The van der Waals surface area contributed by atoms with Crippen molar-refractivity contribution in [3.05, 3.63) is 27.7 Å². The molecule has 0 aliphatic carbocycles. The Morgan fingerprint density at radius 2 is 2.10 bits per heavy atom. The number of benzene rings is 1. The van der Waals surface area contributed by atoms with Crippen LogP contribution in [0.1, 0.15) is 18.1 Å². The first kappa shape index (κ1) is 16.3. The van der Waals surface area contributed by atoms with Gasteiger partial charge in [-0.05, 0) is 24.6 Å². The molecule has 0 saturated carbocycles. The highest BCUT2D eigenvalue weighted by Gasteiger charge is 2.33. The fraction of sp³-hybridized carbons (Fsp3) is 0.333. The van der Waals surface area contributed by atoms with Crippen molar-refractivity contribution in [1.82, 2.24) is 0 Å². The van der Waals surface area contributed by atoms with Crippen molar-refractivity contribution in [2.45, 2.75) is 19.7 Å². The Hall–Kier alpha value is -1.75. The summed E-state index contributed by atoms with van der Waals surface area (Å²) in [5.74, 6) is -1.30. The zero-order valence-electron chi connectivity index (χ0n) is 10.3. The van der Waals surface area contributed by atoms with Crippen LogP contribution in [0.3, 0.4) is 0 Å². The van der Waals surface area contributed by atoms with E-state index < -0.39 is 18.1 Å². The smallest absolute Gasteiger partial charge is 0.466 e. The van der Waals surface area contributed by atoms with E-state index in [2.05, 4.69) is 20.7 Å². The van der Waals surface area contributed by atoms with Crippen molar-refractivity contribution in [1.29, 1.82) is 5.26 Å². The average Bonchev–Trinajstić information content (AvgIpc) is 2.26. The van der Waals surface area contributed by atoms with Gasteiger partial charge in [-0.1, -0.05) is 15.9 Å². The van der Waals surface area contributed by atoms with E-state index in [0.717, 1.165) is 6.07 Å². The van der Waals surface area contributed by atoms with Gasteiger partial charge in [0.2, 0.25) is 0 Å². The van der Waals surface area contributed by atoms with Crippen molar-refractivity contribution in [3.8, 4) is 11.8 Å². The SMILES string of the molecule is CCOC(=O)Cc1cc(Br)cc(OC(F)(F)F)c1C#N. The van der Waals surface area contributed by atoms with E-state index in [1.165, 1.54) is 6.07 Å². The highest BCUT2D eigenvalue weighted by molar-refractivity contribution is 9.10. The summed E-state index contributed by atoms with van der Waals surface area (Å²) in [5, 5.41) is 8.97. The molecule has 0 radical (unpaired) electrons. The summed E-state index contributed by atoms with van der Waals surface area (Å²) in [6, 6.07) is 4.00. The van der Waals surface area contributed by atoms with Crippen molar-refractivity contribution in [2.24, 2.45) is 0 Å². The van der Waals surface area contributed by atoms with Gasteiger partial charge in [-0.2, -0.15) is 5.26 Å². The second-order valence-electron chi connectivity index (χ2n) is 3.58. The summed E-state index contributed by atoms with van der Waals surface area (Å²) in [5.41, 5.74) is -0.252. The third-order valence-electron chi connectivity index (χ3n) is 2.13. The van der Waals surface area contributed by atoms with Gasteiger partial charge in [0.1, 0.15) is 11.8 Å². The molecular weight excluding hydrogens is 343 g/mol. The monoisotopic (exact) mass is 351 g/mol. The molecule has 0 aliphatic heterocycles. The number of nitrogens with zero attached hydrogens (tertiary/aromatic N) is 1. The van der Waals surface area contributed by atoms with Gasteiger partial charge in [0, 0.05) is 4.47 Å². The van der Waals surface area contributed by atoms with E-state index in [1.807, 2.05) is 0 Å². The van der Waals surface area contributed by atoms with E-state index in [-0.39, 0.29) is 28.6 Å². The molecule has 1 aromatic rings. The summed E-state index contributed by atoms with van der Waals surface area (Å²) in [6.45, 7) is 1.74. The van der Waals surface area contributed by atoms with Gasteiger partial charge in [-0.15, -0.1) is 13.2 Å². The maximum atomic E-state index is 12.3. The minimum Gasteiger partial charge on any atom is -0.466 e. The number of hydrogen-bond acceptors (Lipinski definition) is 4. The van der Waals surface area contributed by atoms with Crippen LogP contribution in [-0.4, -0.2) is 18.9 Å². The van der Waals surface area contributed by atoms with Crippen molar-refractivity contribution in [3.63, 3.8) is 0 Å². The lowest BCUT2D eigenvalue weighted by molar-refractivity contribution is -0.274. The maximum absolute atomic E-state index is 12.3. The van der Waals surface area contributed by atoms with Crippen LogP contribution in [0.25, 0.3) is 0 Å². The predicted octanol–water partition coefficient (Wildman–Crippen LogP) is 3.32. The summed E-state index contributed by atoms with van der Waals surface area (Å²) >= 11 is 3.00. The normalized spacial score (nSPS) is 10.8. The van der Waals surface area contributed by atoms with Crippen LogP contribution < -0.4 is 4.74 Å². The Morgan fingerprint density at radius 3 is 2.60 bits per heavy atom. The zero-order chi connectivity index (χ0) is 15.3. The molecule has 20 heavy (non-hydrogen) atoms. The number of carbonyl (C=O) groups excluding carboxylic acids is 1. The number of ether oxygens (including phenoxy) is 2. The van der Waals surface area contributed by atoms with Crippen LogP contribution in [0, 0.1) is 11.3 Å². The Balaban J connectivity index is 3.18. The molecule has 8 heteroatoms. The molecule has 0 bridgehead atoms. The van der Waals surface area contributed by atoms with Gasteiger partial charge >= 0.3 is 12.3 Å². The molecule has 1 aromatic carbocycles. The third-order valence-corrected chi connectivity index (χ3v) is 2.58. The van der Waals surface area contributed by atoms with E-state index in [1.54, 1.807) is 13.0 Å². The minimum atomic E-state index is -4.92. The van der Waals surface area contributed by atoms with Crippen molar-refractivity contribution < 1.29 is 27.4 Å². The standard InChI is InChI=1S/C12H9BrF3NO3/c1-2-19-11(18)4-7-3-8(13)5-10(9(7)6-17)20-12(14,15)16/h3,5H,2,4H2,1H3. The number of rotatable bonds is 4. The van der Waals surface area contributed by atoms with Crippen LogP contribution >= 0.6 is 15.9 Å². The first-order valence-electron chi connectivity index (χ1n) is 5.40. The lowest BCUT2D eigenvalue weighted by Gasteiger charge is -2.13. The van der Waals surface area contributed by atoms with Crippen LogP contribution in [-0.2, 0) is 16.0 Å². The van der Waals surface area contributed by atoms with E-state index >= 15 is 0 Å². The number of carbonyl (C=O) groups is 1. The topological polar surface area (TPSA) is 59.3 Å². The van der Waals surface area contributed by atoms with Crippen molar-refractivity contribution in [2.75, 3.05) is 6.61 Å². The lowest BCUT2D eigenvalue weighted by Crippen LogP contribution is -2.18. The third kappa shape index (κ3) is 4.74. The molecule has 0 aliphatic rings. The molecule has 0 saturated heterocycles. The quantitative estimate of drug-likeness (QED) is 0.780. The molecule has 108 valence electrons. The fourth-order valence-corrected chi connectivity index (χ4v) is 1.96. The number of hydrogen-bond donors (Lipinski definition) is 0. The van der Waals surface area contributed by atoms with Gasteiger partial charge < -0.3 is 9.47 Å². The Bertz CT molecular complexity index is 552. The average molecular weight is 352 g/mol. The molecule has 0 atom stereocenters. The fourth-order valence-electron chi connectivity index (χ4n) is 1.47. The van der Waals surface area contributed by atoms with E-state index in [4.69, 9.17) is 10.00 Å². The maximum Gasteiger partial charge on any atom is 0.573 e. The van der Waals surface area contributed by atoms with Crippen LogP contribution in [0.5, 0.6) is 5.75 Å². The number of alkyl halides is 3. The van der Waals surface area contributed by atoms with Gasteiger partial charge in [-0.3, -0.25) is 4.79 Å². The Labute approximate surface area is 121 Å². The molecular formula is C12H9BrF3NO3. The molecule has 0 amide bonds. The summed E-state index contributed by atoms with van der Waals surface area (Å²) < 4.78 is 45.5. The second-order valence-corrected chi connectivity index (χ2v) is 4.50. The van der Waals surface area contributed by atoms with Gasteiger partial charge in [-0.25, -0.2) is 0 Å². The minimum absolute atomic E-state index is 0.0968. The molecule has 1 rings (SSSR count). The molecule has 0 unspecified atom stereocenters. The van der Waals surface area contributed by atoms with Gasteiger partial charge in [0.05, 0.1) is 18.6 Å². The molecule has 4 nitrogen and oxygen atoms in total. The molecule has 0 fully saturated rings. The summed E-state index contributed by atoms with van der Waals surface area (Å²) in [6.07, 6.45) is -5.24. The van der Waals surface area contributed by atoms with Crippen molar-refractivity contribution >= 4 is 21.9 Å². The summed E-state index contributed by atoms with van der Waals surface area (Å²) in [4.78, 5) is 11.4. The number of esters is 1. The van der Waals surface area contributed by atoms with Crippen LogP contribution in [0.15, 0.2) is 16.6 Å². The summed E-state index contributed by atoms with van der Waals surface area (Å²) in [7, 11) is 0. The Kier molecular flexibility index (Phi) is 5.39. The number of nitriles is 1. The molecule has 0 heterocycles. The van der Waals surface area contributed by atoms with Gasteiger partial charge in [0.15, 0.2) is 0 Å². The highest BCUT2D eigenvalue weighted by atomic mass is 79.9. The second kappa shape index (κ2) is 6.61. The molecule has 0 aromatic heterocycles. The first-order chi connectivity index (χ1) is 9.26.